The summed E-state index contributed by atoms with van der Waals surface area (Å²) in [5.74, 6) is 0. The first kappa shape index (κ1) is 17.6. The van der Waals surface area contributed by atoms with Gasteiger partial charge in [-0.2, -0.15) is 0 Å². The highest BCUT2D eigenvalue weighted by Crippen LogP contribution is 2.41. The second kappa shape index (κ2) is 8.25. The first-order valence-electron chi connectivity index (χ1n) is 9.54. The second-order valence-electron chi connectivity index (χ2n) is 7.54. The molecule has 138 valence electrons. The molecule has 2 aromatic heterocycles. The van der Waals surface area contributed by atoms with Crippen molar-refractivity contribution in [2.75, 3.05) is 26.3 Å². The Morgan fingerprint density at radius 1 is 1.15 bits per heavy atom. The highest BCUT2D eigenvalue weighted by Gasteiger charge is 2.46. The van der Waals surface area contributed by atoms with E-state index in [9.17, 15) is 0 Å². The molecule has 26 heavy (non-hydrogen) atoms. The van der Waals surface area contributed by atoms with Crippen LogP contribution in [0.1, 0.15) is 30.4 Å². The molecule has 2 fully saturated rings. The molecule has 5 nitrogen and oxygen atoms in total. The van der Waals surface area contributed by atoms with Crippen LogP contribution < -0.4 is 0 Å². The van der Waals surface area contributed by atoms with Gasteiger partial charge in [-0.3, -0.25) is 14.9 Å². The maximum atomic E-state index is 6.16. The minimum absolute atomic E-state index is 0.0981. The van der Waals surface area contributed by atoms with E-state index in [2.05, 4.69) is 27.0 Å². The third-order valence-corrected chi connectivity index (χ3v) is 5.58. The molecule has 2 atom stereocenters. The molecule has 5 heteroatoms. The molecular weight excluding hydrogens is 326 g/mol. The molecule has 2 aromatic rings. The number of aromatic nitrogens is 2. The van der Waals surface area contributed by atoms with E-state index in [-0.39, 0.29) is 5.41 Å². The fourth-order valence-corrected chi connectivity index (χ4v) is 4.33. The second-order valence-corrected chi connectivity index (χ2v) is 7.54. The van der Waals surface area contributed by atoms with Crippen LogP contribution in [0.15, 0.2) is 49.1 Å². The quantitative estimate of drug-likeness (QED) is 0.799. The Morgan fingerprint density at radius 3 is 2.73 bits per heavy atom. The number of nitrogens with zero attached hydrogens (tertiary/aromatic N) is 3. The number of fused-ring (bicyclic) bond motifs is 1. The van der Waals surface area contributed by atoms with E-state index in [4.69, 9.17) is 9.47 Å². The molecule has 0 radical (unpaired) electrons. The summed E-state index contributed by atoms with van der Waals surface area (Å²) in [5, 5.41) is 0. The van der Waals surface area contributed by atoms with Crippen molar-refractivity contribution < 1.29 is 9.47 Å². The molecule has 0 unspecified atom stereocenters. The fourth-order valence-electron chi connectivity index (χ4n) is 4.33. The SMILES string of the molecule is c1cncc(COC[C@@]23CCCO[C@@H]2CCN(Cc2cccnc2)C3)c1. The predicted molar refractivity (Wildman–Crippen MR) is 99.4 cm³/mol. The van der Waals surface area contributed by atoms with Gasteiger partial charge in [-0.05, 0) is 42.5 Å². The van der Waals surface area contributed by atoms with Gasteiger partial charge in [0.25, 0.3) is 0 Å². The summed E-state index contributed by atoms with van der Waals surface area (Å²) in [4.78, 5) is 11.0. The van der Waals surface area contributed by atoms with Crippen LogP contribution in [0.3, 0.4) is 0 Å². The Morgan fingerprint density at radius 2 is 1.96 bits per heavy atom. The van der Waals surface area contributed by atoms with Crippen LogP contribution in [0.4, 0.5) is 0 Å². The monoisotopic (exact) mass is 353 g/mol. The summed E-state index contributed by atoms with van der Waals surface area (Å²) in [7, 11) is 0. The van der Waals surface area contributed by atoms with Crippen LogP contribution in [-0.2, 0) is 22.6 Å². The molecule has 0 spiro atoms. The van der Waals surface area contributed by atoms with Crippen LogP contribution in [-0.4, -0.2) is 47.3 Å². The first-order chi connectivity index (χ1) is 12.8. The van der Waals surface area contributed by atoms with Gasteiger partial charge >= 0.3 is 0 Å². The predicted octanol–water partition coefficient (Wildman–Crippen LogP) is 3.06. The standard InChI is InChI=1S/C21H27N3O2/c1-4-18(12-22-8-1)14-24-10-6-20-21(16-24,7-3-11-26-20)17-25-15-19-5-2-9-23-13-19/h1-2,4-5,8-9,12-13,20H,3,6-7,10-11,14-17H2/t20-,21+/m1/s1. The van der Waals surface area contributed by atoms with Crippen LogP contribution in [0.25, 0.3) is 0 Å². The minimum atomic E-state index is 0.0981. The van der Waals surface area contributed by atoms with Gasteiger partial charge in [0.05, 0.1) is 19.3 Å². The minimum Gasteiger partial charge on any atom is -0.377 e. The Bertz CT molecular complexity index is 682. The molecular formula is C21H27N3O2. The van der Waals surface area contributed by atoms with Crippen LogP contribution in [0.2, 0.25) is 0 Å². The van der Waals surface area contributed by atoms with Crippen LogP contribution in [0.5, 0.6) is 0 Å². The molecule has 0 amide bonds. The first-order valence-corrected chi connectivity index (χ1v) is 9.54. The average molecular weight is 353 g/mol. The topological polar surface area (TPSA) is 47.5 Å². The van der Waals surface area contributed by atoms with Gasteiger partial charge in [0, 0.05) is 56.4 Å². The maximum Gasteiger partial charge on any atom is 0.0732 e. The Balaban J connectivity index is 1.41. The number of rotatable bonds is 6. The molecule has 0 aliphatic carbocycles. The highest BCUT2D eigenvalue weighted by molar-refractivity contribution is 5.09. The van der Waals surface area contributed by atoms with Gasteiger partial charge in [0.2, 0.25) is 0 Å². The number of piperidine rings is 1. The van der Waals surface area contributed by atoms with E-state index in [1.807, 2.05) is 30.7 Å². The summed E-state index contributed by atoms with van der Waals surface area (Å²) in [6.07, 6.45) is 11.2. The van der Waals surface area contributed by atoms with Crippen molar-refractivity contribution in [2.24, 2.45) is 5.41 Å². The van der Waals surface area contributed by atoms with Crippen molar-refractivity contribution in [1.82, 2.24) is 14.9 Å². The van der Waals surface area contributed by atoms with Crippen molar-refractivity contribution in [1.29, 1.82) is 0 Å². The summed E-state index contributed by atoms with van der Waals surface area (Å²) >= 11 is 0. The Labute approximate surface area is 155 Å². The number of ether oxygens (including phenoxy) is 2. The lowest BCUT2D eigenvalue weighted by Crippen LogP contribution is -2.56. The molecule has 2 aliphatic heterocycles. The molecule has 0 aromatic carbocycles. The van der Waals surface area contributed by atoms with Gasteiger partial charge in [0.1, 0.15) is 0 Å². The number of likely N-dealkylation sites (tertiary alicyclic amines) is 1. The maximum absolute atomic E-state index is 6.16. The molecule has 0 N–H and O–H groups in total. The van der Waals surface area contributed by atoms with E-state index in [0.29, 0.717) is 12.7 Å². The number of hydrogen-bond donors (Lipinski definition) is 0. The highest BCUT2D eigenvalue weighted by atomic mass is 16.5. The van der Waals surface area contributed by atoms with Crippen LogP contribution in [0, 0.1) is 5.41 Å². The summed E-state index contributed by atoms with van der Waals surface area (Å²) in [6, 6.07) is 8.19. The number of hydrogen-bond acceptors (Lipinski definition) is 5. The van der Waals surface area contributed by atoms with E-state index >= 15 is 0 Å². The third kappa shape index (κ3) is 4.11. The van der Waals surface area contributed by atoms with Gasteiger partial charge in [-0.15, -0.1) is 0 Å². The van der Waals surface area contributed by atoms with Crippen molar-refractivity contribution >= 4 is 0 Å². The van der Waals surface area contributed by atoms with Gasteiger partial charge in [-0.1, -0.05) is 12.1 Å². The smallest absolute Gasteiger partial charge is 0.0732 e. The van der Waals surface area contributed by atoms with E-state index in [1.54, 1.807) is 6.20 Å². The normalized spacial score (nSPS) is 26.4. The molecule has 2 saturated heterocycles. The summed E-state index contributed by atoms with van der Waals surface area (Å²) < 4.78 is 12.3. The lowest BCUT2D eigenvalue weighted by molar-refractivity contribution is -0.155. The van der Waals surface area contributed by atoms with Gasteiger partial charge in [0.15, 0.2) is 0 Å². The summed E-state index contributed by atoms with van der Waals surface area (Å²) in [6.45, 7) is 5.30. The zero-order valence-electron chi connectivity index (χ0n) is 15.2. The van der Waals surface area contributed by atoms with E-state index in [0.717, 1.165) is 51.3 Å². The lowest BCUT2D eigenvalue weighted by atomic mass is 9.73. The van der Waals surface area contributed by atoms with Crippen molar-refractivity contribution in [3.63, 3.8) is 0 Å². The average Bonchev–Trinajstić information content (AvgIpc) is 2.69. The number of pyridine rings is 2. The summed E-state index contributed by atoms with van der Waals surface area (Å²) in [5.41, 5.74) is 2.50. The Hall–Kier alpha value is -1.82. The van der Waals surface area contributed by atoms with Crippen molar-refractivity contribution in [3.8, 4) is 0 Å². The van der Waals surface area contributed by atoms with Crippen molar-refractivity contribution in [3.05, 3.63) is 60.2 Å². The van der Waals surface area contributed by atoms with E-state index in [1.165, 1.54) is 12.0 Å². The fraction of sp³-hybridized carbons (Fsp3) is 0.524. The zero-order valence-corrected chi connectivity index (χ0v) is 15.2. The largest absolute Gasteiger partial charge is 0.377 e. The van der Waals surface area contributed by atoms with Gasteiger partial charge in [-0.25, -0.2) is 0 Å². The molecule has 0 saturated carbocycles. The molecule has 0 bridgehead atoms. The van der Waals surface area contributed by atoms with Gasteiger partial charge < -0.3 is 9.47 Å². The molecule has 2 aliphatic rings. The Kier molecular flexibility index (Phi) is 5.58. The molecule has 4 rings (SSSR count). The molecule has 4 heterocycles. The van der Waals surface area contributed by atoms with Crippen LogP contribution >= 0.6 is 0 Å². The van der Waals surface area contributed by atoms with Crippen molar-refractivity contribution in [2.45, 2.75) is 38.5 Å². The zero-order chi connectivity index (χ0) is 17.7. The third-order valence-electron chi connectivity index (χ3n) is 5.58. The lowest BCUT2D eigenvalue weighted by Gasteiger charge is -2.50. The van der Waals surface area contributed by atoms with E-state index < -0.39 is 0 Å².